The summed E-state index contributed by atoms with van der Waals surface area (Å²) < 4.78 is 36.4. The van der Waals surface area contributed by atoms with E-state index in [1.54, 1.807) is 18.3 Å². The molecule has 4 aromatic rings. The Kier molecular flexibility index (Phi) is 19.2. The Morgan fingerprint density at radius 3 is 2.00 bits per heavy atom. The van der Waals surface area contributed by atoms with Crippen molar-refractivity contribution in [1.29, 1.82) is 0 Å². The number of terminal acetylenes is 2. The van der Waals surface area contributed by atoms with Crippen LogP contribution in [0, 0.1) is 143 Å². The van der Waals surface area contributed by atoms with E-state index in [2.05, 4.69) is 137 Å². The number of hydrogen-bond acceptors (Lipinski definition) is 10. The highest BCUT2D eigenvalue weighted by Crippen LogP contribution is 2.57. The first kappa shape index (κ1) is 56.5. The van der Waals surface area contributed by atoms with Crippen LogP contribution in [0.2, 0.25) is 0 Å². The van der Waals surface area contributed by atoms with E-state index in [-0.39, 0.29) is 43.0 Å². The summed E-state index contributed by atoms with van der Waals surface area (Å²) in [6.07, 6.45) is 18.4. The minimum atomic E-state index is -3.91. The molecule has 12 nitrogen and oxygen atoms in total. The van der Waals surface area contributed by atoms with E-state index in [1.807, 2.05) is 70.6 Å². The molecule has 4 heterocycles. The fraction of sp³-hybridized carbons (Fsp3) is 0.328. The van der Waals surface area contributed by atoms with Crippen LogP contribution in [-0.4, -0.2) is 74.9 Å². The summed E-state index contributed by atoms with van der Waals surface area (Å²) in [6.45, 7) is 5.86. The van der Waals surface area contributed by atoms with Gasteiger partial charge in [0.05, 0.1) is 40.0 Å². The van der Waals surface area contributed by atoms with E-state index in [0.29, 0.717) is 31.7 Å². The average molecular weight is 1070 g/mol. The smallest absolute Gasteiger partial charge is 0.297 e. The number of nitrogens with zero attached hydrogens (tertiary/aromatic N) is 4. The zero-order valence-corrected chi connectivity index (χ0v) is 44.9. The number of hydrogen-bond donors (Lipinski definition) is 2. The molecule has 3 N–H and O–H groups in total. The van der Waals surface area contributed by atoms with Gasteiger partial charge in [-0.15, -0.1) is 24.2 Å². The first-order chi connectivity index (χ1) is 37.7. The molecule has 2 aliphatic carbocycles. The van der Waals surface area contributed by atoms with Crippen LogP contribution in [-0.2, 0) is 24.4 Å². The summed E-state index contributed by atoms with van der Waals surface area (Å²) in [5.74, 6) is 46.7. The number of ether oxygens (including phenoxy) is 1. The summed E-state index contributed by atoms with van der Waals surface area (Å²) >= 11 is 1.55. The molecular weight excluding hydrogens is 1010 g/mol. The van der Waals surface area contributed by atoms with Gasteiger partial charge in [0.2, 0.25) is 21.8 Å². The number of aromatic nitrogens is 3. The van der Waals surface area contributed by atoms with Crippen LogP contribution in [0.3, 0.4) is 0 Å². The van der Waals surface area contributed by atoms with Gasteiger partial charge in [-0.25, -0.2) is 13.4 Å². The predicted molar refractivity (Wildman–Crippen MR) is 304 cm³/mol. The van der Waals surface area contributed by atoms with E-state index in [4.69, 9.17) is 33.3 Å². The maximum Gasteiger partial charge on any atom is 0.297 e. The lowest BCUT2D eigenvalue weighted by atomic mass is 9.91. The molecule has 2 aromatic heterocycles. The van der Waals surface area contributed by atoms with E-state index >= 15 is 0 Å². The van der Waals surface area contributed by atoms with Gasteiger partial charge < -0.3 is 15.4 Å². The summed E-state index contributed by atoms with van der Waals surface area (Å²) in [5, 5.41) is 2.87. The number of para-hydroxylation sites is 1. The highest BCUT2D eigenvalue weighted by molar-refractivity contribution is 7.91. The van der Waals surface area contributed by atoms with E-state index < -0.39 is 44.3 Å². The van der Waals surface area contributed by atoms with Crippen molar-refractivity contribution in [3.05, 3.63) is 66.1 Å². The van der Waals surface area contributed by atoms with Gasteiger partial charge in [-0.3, -0.25) is 23.7 Å². The normalized spacial score (nSPS) is 20.6. The van der Waals surface area contributed by atoms with Crippen LogP contribution >= 0.6 is 11.3 Å². The minimum absolute atomic E-state index is 0.0302. The molecule has 0 unspecified atom stereocenters. The van der Waals surface area contributed by atoms with Gasteiger partial charge in [0.15, 0.2) is 5.78 Å². The Hall–Kier alpha value is -9.24. The molecule has 8 rings (SSSR count). The van der Waals surface area contributed by atoms with E-state index in [9.17, 15) is 22.8 Å². The van der Waals surface area contributed by atoms with Gasteiger partial charge >= 0.3 is 0 Å². The van der Waals surface area contributed by atoms with Crippen molar-refractivity contribution in [1.82, 2.24) is 24.2 Å². The van der Waals surface area contributed by atoms with Crippen molar-refractivity contribution in [3.63, 3.8) is 0 Å². The second-order valence-corrected chi connectivity index (χ2v) is 22.2. The van der Waals surface area contributed by atoms with Crippen molar-refractivity contribution in [2.24, 2.45) is 17.1 Å². The Balaban J connectivity index is 0.000000340. The first-order valence-corrected chi connectivity index (χ1v) is 27.5. The monoisotopic (exact) mass is 1060 g/mol. The van der Waals surface area contributed by atoms with Crippen LogP contribution < -0.4 is 15.2 Å². The number of benzene rings is 2. The van der Waals surface area contributed by atoms with Crippen LogP contribution in [0.4, 0.5) is 0 Å². The average Bonchev–Trinajstić information content (AvgIpc) is 4.30. The first-order valence-electron chi connectivity index (χ1n) is 25.1. The number of sulfonamides is 1. The lowest BCUT2D eigenvalue weighted by molar-refractivity contribution is -0.140. The van der Waals surface area contributed by atoms with Gasteiger partial charge in [0.1, 0.15) is 16.6 Å². The molecule has 78 heavy (non-hydrogen) atoms. The number of ketones is 1. The molecule has 0 spiro atoms. The number of thiazole rings is 1. The van der Waals surface area contributed by atoms with Crippen molar-refractivity contribution < 1.29 is 27.5 Å². The van der Waals surface area contributed by atoms with Crippen molar-refractivity contribution >= 4 is 50.0 Å². The zero-order chi connectivity index (χ0) is 55.5. The third-order valence-electron chi connectivity index (χ3n) is 13.4. The third kappa shape index (κ3) is 14.4. The van der Waals surface area contributed by atoms with Crippen molar-refractivity contribution in [2.75, 3.05) is 6.54 Å². The quantitative estimate of drug-likeness (QED) is 0.142. The molecule has 2 aliphatic heterocycles. The number of nitrogens with two attached hydrogens (primary N) is 1. The Bertz CT molecular complexity index is 3760. The van der Waals surface area contributed by atoms with Crippen molar-refractivity contribution in [2.45, 2.75) is 114 Å². The summed E-state index contributed by atoms with van der Waals surface area (Å²) in [7, 11) is -3.91. The van der Waals surface area contributed by atoms with Gasteiger partial charge in [-0.05, 0) is 172 Å². The number of allylic oxidation sites excluding steroid dienone is 2. The number of imidazole rings is 1. The molecule has 386 valence electrons. The fourth-order valence-corrected chi connectivity index (χ4v) is 11.1. The second-order valence-electron chi connectivity index (χ2n) is 19.1. The molecule has 2 saturated carbocycles. The number of Topliss-reactive ketones (excluding diaryl/α,β-unsaturated/α-hetero) is 1. The van der Waals surface area contributed by atoms with Gasteiger partial charge in [-0.1, -0.05) is 61.4 Å². The van der Waals surface area contributed by atoms with Gasteiger partial charge in [0.25, 0.3) is 6.01 Å². The summed E-state index contributed by atoms with van der Waals surface area (Å²) in [4.78, 5) is 53.9. The molecule has 4 aliphatic rings. The third-order valence-corrected chi connectivity index (χ3v) is 16.4. The highest BCUT2D eigenvalue weighted by atomic mass is 32.2. The maximum atomic E-state index is 14.5. The van der Waals surface area contributed by atoms with Gasteiger partial charge in [0, 0.05) is 59.1 Å². The number of fused-ring (bicyclic) bond motifs is 3. The van der Waals surface area contributed by atoms with Crippen LogP contribution in [0.15, 0.2) is 66.1 Å². The number of carbonyl (C=O) groups is 3. The molecule has 5 atom stereocenters. The number of carbonyl (C=O) groups excluding carboxylic acids is 3. The maximum absolute atomic E-state index is 14.5. The molecule has 1 saturated heterocycles. The lowest BCUT2D eigenvalue weighted by Gasteiger charge is -2.27. The number of rotatable bonds is 8. The van der Waals surface area contributed by atoms with Crippen LogP contribution in [0.25, 0.3) is 32.9 Å². The Morgan fingerprint density at radius 2 is 1.42 bits per heavy atom. The fourth-order valence-electron chi connectivity index (χ4n) is 8.89. The number of amides is 2. The Labute approximate surface area is 462 Å². The predicted octanol–water partition coefficient (Wildman–Crippen LogP) is 6.85. The zero-order valence-electron chi connectivity index (χ0n) is 43.3. The van der Waals surface area contributed by atoms with E-state index in [1.165, 1.54) is 4.90 Å². The molecule has 3 fully saturated rings. The van der Waals surface area contributed by atoms with Crippen LogP contribution in [0.1, 0.15) is 91.0 Å². The molecule has 14 heteroatoms. The van der Waals surface area contributed by atoms with Crippen molar-refractivity contribution in [3.8, 4) is 159 Å². The largest absolute Gasteiger partial charge is 0.459 e. The van der Waals surface area contributed by atoms with Crippen LogP contribution in [0.5, 0.6) is 6.01 Å². The molecule has 0 radical (unpaired) electrons. The standard InChI is InChI=1S/C42H50N6O6S2.C22H2/c1-26(2)48-33-18-12-16-30(37-44-32(25-55-37)27-13-8-7-9-14-27)36(33)45-40(48)54-29-21-34-35(49)23-42(39(51)46-56(52,53)41(3)19-20-41)22-28(42)15-10-5-4-6-11-17-31(43)38(50)47(34)24-29;1-3-5-7-9-11-13-15-17-19-21-22-20-18-16-14-12-10-8-6-4-2/h7-10,12-16,18,25-26,28-29,31,34H,4-6,11,17,19-24,43H2,1-3H3,(H,46,51);1-2H/b15-10-;/t28-,29-,31+,34+,42-;/m1./s1. The molecule has 2 amide bonds. The van der Waals surface area contributed by atoms with Gasteiger partial charge in [-0.2, -0.15) is 4.98 Å². The second kappa shape index (κ2) is 26.5. The SMILES string of the molecule is C#CC#CC#CC#CC#CC#CC#CC#CC#CC#CC#C.CC(C)n1c(O[C@@H]2C[C@H]3C(=O)C[C@]4(C(=O)NS(=O)(=O)C5(C)CC5)C[C@H]4/C=C\CCCCC[C@H](N)C(=O)N3C2)nc2c(-c3nc(-c4ccccc4)cs3)cccc21. The highest BCUT2D eigenvalue weighted by Gasteiger charge is 2.62. The molecular formula is C64H52N6O6S2. The lowest BCUT2D eigenvalue weighted by Crippen LogP contribution is -2.50. The number of nitrogens with one attached hydrogen (secondary N) is 1. The Morgan fingerprint density at radius 1 is 0.821 bits per heavy atom. The molecule has 0 bridgehead atoms. The summed E-state index contributed by atoms with van der Waals surface area (Å²) in [5.41, 5.74) is 9.70. The molecule has 2 aromatic carbocycles. The van der Waals surface area contributed by atoms with E-state index in [0.717, 1.165) is 58.5 Å². The minimum Gasteiger partial charge on any atom is -0.459 e. The topological polar surface area (TPSA) is 167 Å². The summed E-state index contributed by atoms with van der Waals surface area (Å²) in [6, 6.07) is 14.7.